The summed E-state index contributed by atoms with van der Waals surface area (Å²) in [6.45, 7) is 0. The van der Waals surface area contributed by atoms with Gasteiger partial charge in [-0.05, 0) is 48.0 Å². The SMILES string of the molecule is C(=C\c1cc(N(c2ccccc2)c2ccccc2)n2ccccc12)/c1ccccc1. The lowest BCUT2D eigenvalue weighted by molar-refractivity contribution is 1.12. The molecule has 0 unspecified atom stereocenters. The van der Waals surface area contributed by atoms with Crippen molar-refractivity contribution in [2.75, 3.05) is 4.90 Å². The van der Waals surface area contributed by atoms with Gasteiger partial charge in [0.1, 0.15) is 5.82 Å². The van der Waals surface area contributed by atoms with Crippen molar-refractivity contribution in [1.82, 2.24) is 4.40 Å². The summed E-state index contributed by atoms with van der Waals surface area (Å²) in [4.78, 5) is 2.30. The lowest BCUT2D eigenvalue weighted by atomic mass is 10.1. The van der Waals surface area contributed by atoms with E-state index in [0.717, 1.165) is 17.2 Å². The quantitative estimate of drug-likeness (QED) is 0.302. The fraction of sp³-hybridized carbons (Fsp3) is 0. The first-order valence-corrected chi connectivity index (χ1v) is 10.1. The normalized spacial score (nSPS) is 11.2. The van der Waals surface area contributed by atoms with Crippen molar-refractivity contribution in [3.05, 3.63) is 133 Å². The second kappa shape index (κ2) is 8.14. The van der Waals surface area contributed by atoms with Crippen LogP contribution in [-0.4, -0.2) is 4.40 Å². The second-order valence-corrected chi connectivity index (χ2v) is 7.16. The smallest absolute Gasteiger partial charge is 0.122 e. The summed E-state index contributed by atoms with van der Waals surface area (Å²) in [5.74, 6) is 1.11. The number of para-hydroxylation sites is 2. The summed E-state index contributed by atoms with van der Waals surface area (Å²) in [5.41, 5.74) is 5.82. The molecule has 5 aromatic rings. The number of anilines is 3. The highest BCUT2D eigenvalue weighted by Crippen LogP contribution is 2.37. The summed E-state index contributed by atoms with van der Waals surface area (Å²) in [7, 11) is 0. The van der Waals surface area contributed by atoms with Crippen molar-refractivity contribution in [3.8, 4) is 0 Å². The Morgan fingerprint density at radius 1 is 0.567 bits per heavy atom. The molecule has 0 atom stereocenters. The van der Waals surface area contributed by atoms with Gasteiger partial charge < -0.3 is 4.40 Å². The summed E-state index contributed by atoms with van der Waals surface area (Å²) in [6.07, 6.45) is 6.49. The summed E-state index contributed by atoms with van der Waals surface area (Å²) >= 11 is 0. The molecule has 0 aliphatic rings. The molecule has 2 heterocycles. The van der Waals surface area contributed by atoms with Crippen LogP contribution in [0.15, 0.2) is 121 Å². The van der Waals surface area contributed by atoms with Crippen LogP contribution in [0, 0.1) is 0 Å². The van der Waals surface area contributed by atoms with Crippen LogP contribution in [0.5, 0.6) is 0 Å². The Bertz CT molecular complexity index is 1230. The highest BCUT2D eigenvalue weighted by Gasteiger charge is 2.17. The predicted octanol–water partition coefficient (Wildman–Crippen LogP) is 7.58. The number of pyridine rings is 1. The first kappa shape index (κ1) is 18.0. The third-order valence-electron chi connectivity index (χ3n) is 5.20. The van der Waals surface area contributed by atoms with E-state index in [4.69, 9.17) is 0 Å². The molecule has 0 bridgehead atoms. The molecular weight excluding hydrogens is 364 g/mol. The molecule has 0 aliphatic carbocycles. The first-order valence-electron chi connectivity index (χ1n) is 10.1. The molecule has 0 spiro atoms. The van der Waals surface area contributed by atoms with Crippen molar-refractivity contribution >= 4 is 34.9 Å². The van der Waals surface area contributed by atoms with Crippen LogP contribution in [0.3, 0.4) is 0 Å². The lowest BCUT2D eigenvalue weighted by Gasteiger charge is -2.24. The molecule has 0 saturated heterocycles. The maximum absolute atomic E-state index is 2.30. The van der Waals surface area contributed by atoms with E-state index in [1.54, 1.807) is 0 Å². The molecule has 0 aliphatic heterocycles. The molecule has 2 nitrogen and oxygen atoms in total. The Kier molecular flexibility index (Phi) is 4.89. The van der Waals surface area contributed by atoms with E-state index in [1.807, 2.05) is 6.07 Å². The first-order chi connectivity index (χ1) is 14.9. The van der Waals surface area contributed by atoms with Crippen molar-refractivity contribution < 1.29 is 0 Å². The Hall–Kier alpha value is -4.04. The Labute approximate surface area is 177 Å². The van der Waals surface area contributed by atoms with Gasteiger partial charge in [0, 0.05) is 23.1 Å². The number of aromatic nitrogens is 1. The van der Waals surface area contributed by atoms with Gasteiger partial charge in [0.15, 0.2) is 0 Å². The minimum Gasteiger partial charge on any atom is -0.302 e. The zero-order valence-corrected chi connectivity index (χ0v) is 16.6. The molecule has 0 N–H and O–H groups in total. The van der Waals surface area contributed by atoms with Crippen molar-refractivity contribution in [2.24, 2.45) is 0 Å². The van der Waals surface area contributed by atoms with Crippen LogP contribution in [0.1, 0.15) is 11.1 Å². The summed E-state index contributed by atoms with van der Waals surface area (Å²) in [5, 5.41) is 0. The van der Waals surface area contributed by atoms with Crippen LogP contribution in [-0.2, 0) is 0 Å². The number of hydrogen-bond donors (Lipinski definition) is 0. The zero-order chi connectivity index (χ0) is 20.2. The largest absolute Gasteiger partial charge is 0.302 e. The Morgan fingerprint density at radius 3 is 1.77 bits per heavy atom. The minimum atomic E-state index is 1.11. The van der Waals surface area contributed by atoms with E-state index in [-0.39, 0.29) is 0 Å². The molecule has 0 radical (unpaired) electrons. The number of rotatable bonds is 5. The summed E-state index contributed by atoms with van der Waals surface area (Å²) in [6, 6.07) is 40.0. The van der Waals surface area contributed by atoms with Gasteiger partial charge in [-0.3, -0.25) is 4.90 Å². The van der Waals surface area contributed by atoms with E-state index < -0.39 is 0 Å². The van der Waals surface area contributed by atoms with Gasteiger partial charge in [-0.1, -0.05) is 84.9 Å². The summed E-state index contributed by atoms with van der Waals surface area (Å²) < 4.78 is 2.25. The van der Waals surface area contributed by atoms with Gasteiger partial charge in [0.05, 0.1) is 5.52 Å². The highest BCUT2D eigenvalue weighted by molar-refractivity contribution is 5.85. The fourth-order valence-electron chi connectivity index (χ4n) is 3.78. The molecule has 0 saturated carbocycles. The molecule has 3 aromatic carbocycles. The Morgan fingerprint density at radius 2 is 1.13 bits per heavy atom. The van der Waals surface area contributed by atoms with E-state index in [0.29, 0.717) is 0 Å². The topological polar surface area (TPSA) is 7.65 Å². The molecule has 2 aromatic heterocycles. The van der Waals surface area contributed by atoms with Gasteiger partial charge in [0.25, 0.3) is 0 Å². The van der Waals surface area contributed by atoms with Crippen LogP contribution in [0.4, 0.5) is 17.2 Å². The van der Waals surface area contributed by atoms with E-state index in [2.05, 4.69) is 137 Å². The van der Waals surface area contributed by atoms with Gasteiger partial charge in [0.2, 0.25) is 0 Å². The number of fused-ring (bicyclic) bond motifs is 1. The van der Waals surface area contributed by atoms with E-state index in [1.165, 1.54) is 16.6 Å². The maximum atomic E-state index is 2.30. The molecule has 2 heteroatoms. The molecule has 144 valence electrons. The van der Waals surface area contributed by atoms with E-state index >= 15 is 0 Å². The third-order valence-corrected chi connectivity index (χ3v) is 5.20. The van der Waals surface area contributed by atoms with Gasteiger partial charge >= 0.3 is 0 Å². The minimum absolute atomic E-state index is 1.11. The molecule has 0 amide bonds. The molecule has 0 fully saturated rings. The fourth-order valence-corrected chi connectivity index (χ4v) is 3.78. The predicted molar refractivity (Wildman–Crippen MR) is 127 cm³/mol. The van der Waals surface area contributed by atoms with Crippen LogP contribution in [0.2, 0.25) is 0 Å². The van der Waals surface area contributed by atoms with Crippen molar-refractivity contribution in [3.63, 3.8) is 0 Å². The zero-order valence-electron chi connectivity index (χ0n) is 16.6. The van der Waals surface area contributed by atoms with Crippen LogP contribution < -0.4 is 4.90 Å². The standard InChI is InChI=1S/C28H22N2/c1-4-12-23(13-5-1)19-20-24-22-28(29-21-11-10-18-27(24)29)30(25-14-6-2-7-15-25)26-16-8-3-9-17-26/h1-22H/b20-19+. The van der Waals surface area contributed by atoms with Gasteiger partial charge in [-0.15, -0.1) is 0 Å². The number of hydrogen-bond acceptors (Lipinski definition) is 1. The van der Waals surface area contributed by atoms with Crippen LogP contribution >= 0.6 is 0 Å². The van der Waals surface area contributed by atoms with Crippen LogP contribution in [0.25, 0.3) is 17.7 Å². The maximum Gasteiger partial charge on any atom is 0.122 e. The van der Waals surface area contributed by atoms with Gasteiger partial charge in [-0.2, -0.15) is 0 Å². The molecule has 5 rings (SSSR count). The second-order valence-electron chi connectivity index (χ2n) is 7.16. The van der Waals surface area contributed by atoms with Crippen molar-refractivity contribution in [1.29, 1.82) is 0 Å². The van der Waals surface area contributed by atoms with Gasteiger partial charge in [-0.25, -0.2) is 0 Å². The molecule has 30 heavy (non-hydrogen) atoms. The van der Waals surface area contributed by atoms with E-state index in [9.17, 15) is 0 Å². The lowest BCUT2D eigenvalue weighted by Crippen LogP contribution is -2.11. The Balaban J connectivity index is 1.68. The monoisotopic (exact) mass is 386 g/mol. The third kappa shape index (κ3) is 3.51. The average molecular weight is 386 g/mol. The molecular formula is C28H22N2. The highest BCUT2D eigenvalue weighted by atomic mass is 15.2. The number of nitrogens with zero attached hydrogens (tertiary/aromatic N) is 2. The number of benzene rings is 3. The van der Waals surface area contributed by atoms with Crippen molar-refractivity contribution in [2.45, 2.75) is 0 Å². The average Bonchev–Trinajstić information content (AvgIpc) is 3.18.